The molecule has 2 unspecified atom stereocenters. The van der Waals surface area contributed by atoms with Gasteiger partial charge in [-0.2, -0.15) is 0 Å². The van der Waals surface area contributed by atoms with Crippen LogP contribution < -0.4 is 5.32 Å². The van der Waals surface area contributed by atoms with Gasteiger partial charge in [0, 0.05) is 46.2 Å². The molecule has 0 aromatic heterocycles. The number of guanidine groups is 1. The van der Waals surface area contributed by atoms with Gasteiger partial charge in [-0.1, -0.05) is 30.3 Å². The Hall–Kier alpha value is -1.31. The molecule has 6 heteroatoms. The zero-order valence-corrected chi connectivity index (χ0v) is 16.8. The molecule has 1 aliphatic heterocycles. The maximum atomic E-state index is 11.4. The molecule has 1 N–H and O–H groups in total. The number of carbonyl (C=O) groups excluding carboxylic acids is 1. The minimum Gasteiger partial charge on any atom is -0.353 e. The van der Waals surface area contributed by atoms with Crippen LogP contribution >= 0.6 is 24.0 Å². The summed E-state index contributed by atoms with van der Waals surface area (Å²) in [5.74, 6) is 1.85. The lowest BCUT2D eigenvalue weighted by molar-refractivity contribution is -0.130. The first kappa shape index (κ1) is 19.0. The van der Waals surface area contributed by atoms with Gasteiger partial charge in [-0.3, -0.25) is 9.79 Å². The predicted molar refractivity (Wildman–Crippen MR) is 108 cm³/mol. The third kappa shape index (κ3) is 4.84. The number of hydrogen-bond acceptors (Lipinski definition) is 2. The fraction of sp³-hybridized carbons (Fsp3) is 0.556. The van der Waals surface area contributed by atoms with Gasteiger partial charge in [0.05, 0.1) is 0 Å². The summed E-state index contributed by atoms with van der Waals surface area (Å²) in [6, 6.07) is 11.2. The first-order valence-electron chi connectivity index (χ1n) is 8.45. The summed E-state index contributed by atoms with van der Waals surface area (Å²) >= 11 is 0. The van der Waals surface area contributed by atoms with E-state index in [4.69, 9.17) is 0 Å². The number of rotatable bonds is 3. The molecule has 1 heterocycles. The number of nitrogens with one attached hydrogen (secondary N) is 1. The molecule has 2 aliphatic rings. The number of carbonyl (C=O) groups is 1. The van der Waals surface area contributed by atoms with Crippen molar-refractivity contribution in [2.45, 2.75) is 25.8 Å². The summed E-state index contributed by atoms with van der Waals surface area (Å²) in [5, 5.41) is 3.60. The lowest BCUT2D eigenvalue weighted by Gasteiger charge is -2.36. The van der Waals surface area contributed by atoms with Gasteiger partial charge in [-0.25, -0.2) is 0 Å². The van der Waals surface area contributed by atoms with Crippen LogP contribution in [0, 0.1) is 5.92 Å². The summed E-state index contributed by atoms with van der Waals surface area (Å²) in [4.78, 5) is 20.0. The van der Waals surface area contributed by atoms with Crippen molar-refractivity contribution in [2.75, 3.05) is 33.2 Å². The Morgan fingerprint density at radius 3 is 2.38 bits per heavy atom. The van der Waals surface area contributed by atoms with Crippen molar-refractivity contribution in [3.05, 3.63) is 35.9 Å². The molecule has 1 aromatic carbocycles. The zero-order chi connectivity index (χ0) is 16.2. The van der Waals surface area contributed by atoms with Crippen LogP contribution in [0.4, 0.5) is 0 Å². The molecule has 5 nitrogen and oxygen atoms in total. The maximum absolute atomic E-state index is 11.4. The quantitative estimate of drug-likeness (QED) is 0.443. The Morgan fingerprint density at radius 1 is 1.17 bits per heavy atom. The van der Waals surface area contributed by atoms with Crippen LogP contribution in [-0.4, -0.2) is 60.9 Å². The topological polar surface area (TPSA) is 47.9 Å². The average molecular weight is 442 g/mol. The largest absolute Gasteiger partial charge is 0.353 e. The average Bonchev–Trinajstić information content (AvgIpc) is 3.31. The molecule has 0 radical (unpaired) electrons. The number of benzene rings is 1. The van der Waals surface area contributed by atoms with E-state index in [0.29, 0.717) is 12.0 Å². The molecular formula is C18H27IN4O. The second-order valence-corrected chi connectivity index (χ2v) is 6.48. The van der Waals surface area contributed by atoms with E-state index in [1.807, 2.05) is 11.9 Å². The molecule has 2 atom stereocenters. The lowest BCUT2D eigenvalue weighted by Crippen LogP contribution is -2.53. The van der Waals surface area contributed by atoms with Gasteiger partial charge in [0.2, 0.25) is 5.91 Å². The van der Waals surface area contributed by atoms with E-state index >= 15 is 0 Å². The van der Waals surface area contributed by atoms with E-state index < -0.39 is 0 Å². The van der Waals surface area contributed by atoms with Gasteiger partial charge >= 0.3 is 0 Å². The van der Waals surface area contributed by atoms with Crippen molar-refractivity contribution in [3.8, 4) is 0 Å². The van der Waals surface area contributed by atoms with Gasteiger partial charge in [0.25, 0.3) is 0 Å². The van der Waals surface area contributed by atoms with Crippen molar-refractivity contribution in [1.82, 2.24) is 15.1 Å². The zero-order valence-electron chi connectivity index (χ0n) is 14.4. The SMILES string of the molecule is CN=C(NC1CC1Cc1ccccc1)N1CCN(C(C)=O)CC1.I. The summed E-state index contributed by atoms with van der Waals surface area (Å²) < 4.78 is 0. The van der Waals surface area contributed by atoms with E-state index in [9.17, 15) is 4.79 Å². The second kappa shape index (κ2) is 8.69. The van der Waals surface area contributed by atoms with E-state index in [2.05, 4.69) is 45.5 Å². The Labute approximate surface area is 161 Å². The molecule has 24 heavy (non-hydrogen) atoms. The van der Waals surface area contributed by atoms with Gasteiger partial charge in [-0.15, -0.1) is 24.0 Å². The lowest BCUT2D eigenvalue weighted by atomic mass is 10.1. The van der Waals surface area contributed by atoms with Crippen LogP contribution in [0.25, 0.3) is 0 Å². The summed E-state index contributed by atoms with van der Waals surface area (Å²) in [5.41, 5.74) is 1.41. The highest BCUT2D eigenvalue weighted by atomic mass is 127. The van der Waals surface area contributed by atoms with Crippen LogP contribution in [0.1, 0.15) is 18.9 Å². The van der Waals surface area contributed by atoms with Gasteiger partial charge < -0.3 is 15.1 Å². The first-order chi connectivity index (χ1) is 11.2. The van der Waals surface area contributed by atoms with Crippen molar-refractivity contribution in [1.29, 1.82) is 0 Å². The number of hydrogen-bond donors (Lipinski definition) is 1. The number of piperazine rings is 1. The van der Waals surface area contributed by atoms with Gasteiger partial charge in [0.15, 0.2) is 5.96 Å². The fourth-order valence-electron chi connectivity index (χ4n) is 3.26. The van der Waals surface area contributed by atoms with E-state index in [1.54, 1.807) is 6.92 Å². The van der Waals surface area contributed by atoms with Crippen molar-refractivity contribution in [2.24, 2.45) is 10.9 Å². The smallest absolute Gasteiger partial charge is 0.219 e. The minimum absolute atomic E-state index is 0. The molecular weight excluding hydrogens is 415 g/mol. The Kier molecular flexibility index (Phi) is 6.89. The van der Waals surface area contributed by atoms with Crippen LogP contribution in [-0.2, 0) is 11.2 Å². The highest BCUT2D eigenvalue weighted by Gasteiger charge is 2.38. The summed E-state index contributed by atoms with van der Waals surface area (Å²) in [7, 11) is 1.84. The molecule has 1 amide bonds. The molecule has 1 aromatic rings. The normalized spacial score (nSPS) is 23.5. The third-order valence-corrected chi connectivity index (χ3v) is 4.81. The Balaban J connectivity index is 0.00000208. The molecule has 1 saturated carbocycles. The van der Waals surface area contributed by atoms with Crippen LogP contribution in [0.2, 0.25) is 0 Å². The molecule has 132 valence electrons. The number of halogens is 1. The Bertz CT molecular complexity index is 570. The highest BCUT2D eigenvalue weighted by Crippen LogP contribution is 2.33. The number of nitrogens with zero attached hydrogens (tertiary/aromatic N) is 3. The van der Waals surface area contributed by atoms with E-state index in [-0.39, 0.29) is 29.9 Å². The van der Waals surface area contributed by atoms with Crippen LogP contribution in [0.3, 0.4) is 0 Å². The standard InChI is InChI=1S/C18H26N4O.HI/c1-14(23)21-8-10-22(11-9-21)18(19-2)20-17-13-16(17)12-15-6-4-3-5-7-15;/h3-7,16-17H,8-13H2,1-2H3,(H,19,20);1H. The monoisotopic (exact) mass is 442 g/mol. The molecule has 0 bridgehead atoms. The predicted octanol–water partition coefficient (Wildman–Crippen LogP) is 1.98. The third-order valence-electron chi connectivity index (χ3n) is 4.81. The number of amides is 1. The molecule has 2 fully saturated rings. The molecule has 1 saturated heterocycles. The van der Waals surface area contributed by atoms with Crippen molar-refractivity contribution in [3.63, 3.8) is 0 Å². The van der Waals surface area contributed by atoms with Crippen molar-refractivity contribution < 1.29 is 4.79 Å². The molecule has 3 rings (SSSR count). The highest BCUT2D eigenvalue weighted by molar-refractivity contribution is 14.0. The van der Waals surface area contributed by atoms with E-state index in [1.165, 1.54) is 12.0 Å². The Morgan fingerprint density at radius 2 is 1.79 bits per heavy atom. The van der Waals surface area contributed by atoms with Gasteiger partial charge in [-0.05, 0) is 24.3 Å². The first-order valence-corrected chi connectivity index (χ1v) is 8.45. The fourth-order valence-corrected chi connectivity index (χ4v) is 3.26. The van der Waals surface area contributed by atoms with Crippen LogP contribution in [0.5, 0.6) is 0 Å². The summed E-state index contributed by atoms with van der Waals surface area (Å²) in [6.45, 7) is 4.92. The molecule has 0 spiro atoms. The van der Waals surface area contributed by atoms with E-state index in [0.717, 1.165) is 38.6 Å². The van der Waals surface area contributed by atoms with Crippen molar-refractivity contribution >= 4 is 35.8 Å². The maximum Gasteiger partial charge on any atom is 0.219 e. The van der Waals surface area contributed by atoms with Gasteiger partial charge in [0.1, 0.15) is 0 Å². The van der Waals surface area contributed by atoms with Crippen LogP contribution in [0.15, 0.2) is 35.3 Å². The second-order valence-electron chi connectivity index (χ2n) is 6.48. The summed E-state index contributed by atoms with van der Waals surface area (Å²) in [6.07, 6.45) is 2.34. The number of aliphatic imine (C=N–C) groups is 1. The minimum atomic E-state index is 0. The molecule has 1 aliphatic carbocycles.